The molecule has 2 fully saturated rings. The van der Waals surface area contributed by atoms with Gasteiger partial charge in [0.25, 0.3) is 0 Å². The number of ether oxygens (including phenoxy) is 1. The number of fused-ring (bicyclic) bond motifs is 2. The van der Waals surface area contributed by atoms with E-state index in [0.29, 0.717) is 18.1 Å². The minimum Gasteiger partial charge on any atom is -0.465 e. The summed E-state index contributed by atoms with van der Waals surface area (Å²) in [6, 6.07) is 3.84. The first-order valence-corrected chi connectivity index (χ1v) is 8.30. The lowest BCUT2D eigenvalue weighted by molar-refractivity contribution is 0.0606. The van der Waals surface area contributed by atoms with E-state index in [-0.39, 0.29) is 5.97 Å². The van der Waals surface area contributed by atoms with Gasteiger partial charge in [-0.1, -0.05) is 6.92 Å². The molecule has 0 saturated carbocycles. The largest absolute Gasteiger partial charge is 0.465 e. The molecule has 0 amide bonds. The summed E-state index contributed by atoms with van der Waals surface area (Å²) in [5.74, 6) is -0.205. The Morgan fingerprint density at radius 2 is 2.15 bits per heavy atom. The van der Waals surface area contributed by atoms with Gasteiger partial charge in [-0.2, -0.15) is 0 Å². The molecule has 0 aliphatic carbocycles. The van der Waals surface area contributed by atoms with Gasteiger partial charge in [-0.3, -0.25) is 0 Å². The van der Waals surface area contributed by atoms with Gasteiger partial charge in [0.1, 0.15) is 4.88 Å². The molecule has 5 heteroatoms. The lowest BCUT2D eigenvalue weighted by Crippen LogP contribution is -2.49. The highest BCUT2D eigenvalue weighted by atomic mass is 32.1. The predicted octanol–water partition coefficient (Wildman–Crippen LogP) is 2.64. The van der Waals surface area contributed by atoms with E-state index in [2.05, 4.69) is 23.2 Å². The Labute approximate surface area is 124 Å². The quantitative estimate of drug-likeness (QED) is 0.867. The predicted molar refractivity (Wildman–Crippen MR) is 81.6 cm³/mol. The number of esters is 1. The first-order valence-electron chi connectivity index (χ1n) is 7.42. The third-order valence-corrected chi connectivity index (χ3v) is 5.40. The Hall–Kier alpha value is -1.07. The normalized spacial score (nSPS) is 28.7. The summed E-state index contributed by atoms with van der Waals surface area (Å²) in [6.07, 6.45) is 4.84. The van der Waals surface area contributed by atoms with Crippen LogP contribution in [0.4, 0.5) is 5.69 Å². The number of piperidine rings is 1. The molecule has 3 heterocycles. The number of anilines is 1. The molecule has 0 spiro atoms. The van der Waals surface area contributed by atoms with E-state index in [0.717, 1.165) is 17.1 Å². The number of hydrogen-bond donors (Lipinski definition) is 1. The van der Waals surface area contributed by atoms with Crippen molar-refractivity contribution < 1.29 is 9.53 Å². The second-order valence-corrected chi connectivity index (χ2v) is 6.56. The van der Waals surface area contributed by atoms with Crippen molar-refractivity contribution in [2.75, 3.05) is 18.6 Å². The smallest absolute Gasteiger partial charge is 0.350 e. The van der Waals surface area contributed by atoms with E-state index < -0.39 is 0 Å². The zero-order valence-electron chi connectivity index (χ0n) is 12.1. The van der Waals surface area contributed by atoms with Crippen LogP contribution < -0.4 is 10.2 Å². The van der Waals surface area contributed by atoms with Gasteiger partial charge in [0.15, 0.2) is 0 Å². The molecule has 0 aromatic carbocycles. The third-order valence-electron chi connectivity index (χ3n) is 4.52. The van der Waals surface area contributed by atoms with Crippen LogP contribution in [0.5, 0.6) is 0 Å². The van der Waals surface area contributed by atoms with Crippen LogP contribution in [-0.2, 0) is 4.74 Å². The Morgan fingerprint density at radius 3 is 2.75 bits per heavy atom. The maximum absolute atomic E-state index is 11.9. The molecule has 3 rings (SSSR count). The van der Waals surface area contributed by atoms with Crippen molar-refractivity contribution in [1.29, 1.82) is 0 Å². The maximum atomic E-state index is 11.9. The van der Waals surface area contributed by atoms with E-state index in [1.165, 1.54) is 44.1 Å². The molecule has 20 heavy (non-hydrogen) atoms. The molecule has 2 aliphatic rings. The molecular formula is C15H22N2O2S. The van der Waals surface area contributed by atoms with Crippen LogP contribution in [0, 0.1) is 0 Å². The van der Waals surface area contributed by atoms with Crippen LogP contribution in [0.3, 0.4) is 0 Å². The lowest BCUT2D eigenvalue weighted by Gasteiger charge is -2.40. The van der Waals surface area contributed by atoms with Crippen LogP contribution in [-0.4, -0.2) is 37.7 Å². The average molecular weight is 294 g/mol. The molecular weight excluding hydrogens is 272 g/mol. The first-order chi connectivity index (χ1) is 9.74. The topological polar surface area (TPSA) is 41.6 Å². The van der Waals surface area contributed by atoms with Crippen LogP contribution in [0.25, 0.3) is 0 Å². The van der Waals surface area contributed by atoms with Crippen LogP contribution in [0.2, 0.25) is 0 Å². The molecule has 1 N–H and O–H groups in total. The summed E-state index contributed by atoms with van der Waals surface area (Å²) in [5, 5.41) is 5.58. The maximum Gasteiger partial charge on any atom is 0.350 e. The zero-order chi connectivity index (χ0) is 14.1. The summed E-state index contributed by atoms with van der Waals surface area (Å²) in [4.78, 5) is 15.1. The van der Waals surface area contributed by atoms with Gasteiger partial charge in [-0.25, -0.2) is 4.79 Å². The number of hydrogen-bond acceptors (Lipinski definition) is 5. The van der Waals surface area contributed by atoms with Gasteiger partial charge in [-0.05, 0) is 43.7 Å². The minimum atomic E-state index is -0.205. The average Bonchev–Trinajstić information content (AvgIpc) is 3.01. The molecule has 2 atom stereocenters. The highest BCUT2D eigenvalue weighted by molar-refractivity contribution is 7.12. The Kier molecular flexibility index (Phi) is 3.98. The first kappa shape index (κ1) is 13.9. The van der Waals surface area contributed by atoms with Crippen molar-refractivity contribution in [2.45, 2.75) is 50.7 Å². The number of nitrogens with one attached hydrogen (secondary N) is 1. The third kappa shape index (κ3) is 2.33. The van der Waals surface area contributed by atoms with Crippen molar-refractivity contribution in [3.8, 4) is 0 Å². The SMILES string of the molecule is CCNC1CC2CCC(C1)N2c1ccsc1C(=O)OC. The number of carbonyl (C=O) groups is 1. The molecule has 0 radical (unpaired) electrons. The monoisotopic (exact) mass is 294 g/mol. The van der Waals surface area contributed by atoms with Gasteiger partial charge in [-0.15, -0.1) is 11.3 Å². The molecule has 4 nitrogen and oxygen atoms in total. The van der Waals surface area contributed by atoms with Crippen LogP contribution >= 0.6 is 11.3 Å². The summed E-state index contributed by atoms with van der Waals surface area (Å²) in [6.45, 7) is 3.21. The van der Waals surface area contributed by atoms with Gasteiger partial charge >= 0.3 is 5.97 Å². The van der Waals surface area contributed by atoms with Gasteiger partial charge in [0.2, 0.25) is 0 Å². The summed E-state index contributed by atoms with van der Waals surface area (Å²) in [7, 11) is 1.46. The van der Waals surface area contributed by atoms with Crippen molar-refractivity contribution in [3.63, 3.8) is 0 Å². The van der Waals surface area contributed by atoms with Crippen molar-refractivity contribution in [3.05, 3.63) is 16.3 Å². The van der Waals surface area contributed by atoms with Crippen molar-refractivity contribution in [2.24, 2.45) is 0 Å². The van der Waals surface area contributed by atoms with E-state index in [4.69, 9.17) is 4.74 Å². The lowest BCUT2D eigenvalue weighted by atomic mass is 9.96. The Balaban J connectivity index is 1.82. The number of methoxy groups -OCH3 is 1. The fourth-order valence-electron chi connectivity index (χ4n) is 3.78. The van der Waals surface area contributed by atoms with Gasteiger partial charge in [0, 0.05) is 18.1 Å². The fourth-order valence-corrected chi connectivity index (χ4v) is 4.58. The van der Waals surface area contributed by atoms with Gasteiger partial charge < -0.3 is 15.0 Å². The highest BCUT2D eigenvalue weighted by Crippen LogP contribution is 2.42. The van der Waals surface area contributed by atoms with Crippen molar-refractivity contribution >= 4 is 23.0 Å². The van der Waals surface area contributed by atoms with Crippen LogP contribution in [0.15, 0.2) is 11.4 Å². The highest BCUT2D eigenvalue weighted by Gasteiger charge is 2.42. The standard InChI is InChI=1S/C15H22N2O2S/c1-3-16-10-8-11-4-5-12(9-10)17(11)13-6-7-20-14(13)15(18)19-2/h6-7,10-12,16H,3-5,8-9H2,1-2H3. The number of rotatable bonds is 4. The number of nitrogens with zero attached hydrogens (tertiary/aromatic N) is 1. The molecule has 2 aliphatic heterocycles. The Bertz CT molecular complexity index is 474. The summed E-state index contributed by atoms with van der Waals surface area (Å²) < 4.78 is 4.91. The Morgan fingerprint density at radius 1 is 1.45 bits per heavy atom. The van der Waals surface area contributed by atoms with E-state index >= 15 is 0 Å². The van der Waals surface area contributed by atoms with E-state index in [1.807, 2.05) is 5.38 Å². The molecule has 2 bridgehead atoms. The molecule has 2 unspecified atom stereocenters. The van der Waals surface area contributed by atoms with Gasteiger partial charge in [0.05, 0.1) is 12.8 Å². The minimum absolute atomic E-state index is 0.205. The summed E-state index contributed by atoms with van der Waals surface area (Å²) >= 11 is 1.49. The second-order valence-electron chi connectivity index (χ2n) is 5.64. The second kappa shape index (κ2) is 5.74. The molecule has 110 valence electrons. The number of carbonyl (C=O) groups excluding carboxylic acids is 1. The molecule has 1 aromatic heterocycles. The van der Waals surface area contributed by atoms with Crippen molar-refractivity contribution in [1.82, 2.24) is 5.32 Å². The molecule has 2 saturated heterocycles. The molecule has 1 aromatic rings. The zero-order valence-corrected chi connectivity index (χ0v) is 12.9. The van der Waals surface area contributed by atoms with Crippen LogP contribution in [0.1, 0.15) is 42.3 Å². The summed E-state index contributed by atoms with van der Waals surface area (Å²) in [5.41, 5.74) is 1.09. The fraction of sp³-hybridized carbons (Fsp3) is 0.667. The van der Waals surface area contributed by atoms with E-state index in [9.17, 15) is 4.79 Å². The number of thiophene rings is 1. The van der Waals surface area contributed by atoms with E-state index in [1.54, 1.807) is 0 Å².